The van der Waals surface area contributed by atoms with Gasteiger partial charge in [0.15, 0.2) is 5.78 Å². The van der Waals surface area contributed by atoms with Gasteiger partial charge >= 0.3 is 6.03 Å². The van der Waals surface area contributed by atoms with Gasteiger partial charge in [0, 0.05) is 37.4 Å². The van der Waals surface area contributed by atoms with E-state index in [4.69, 9.17) is 11.6 Å². The standard InChI is InChI=1S/C12H19ClN2O2/c1-8(15(6)12(17)14(4)5)7-11(13)9(2)10(3)16/h7H,1-6H3. The number of amides is 2. The van der Waals surface area contributed by atoms with Crippen molar-refractivity contribution in [1.29, 1.82) is 0 Å². The largest absolute Gasteiger partial charge is 0.330 e. The first-order chi connectivity index (χ1) is 7.68. The molecule has 0 aliphatic rings. The van der Waals surface area contributed by atoms with Crippen molar-refractivity contribution in [2.45, 2.75) is 20.8 Å². The molecule has 0 radical (unpaired) electrons. The Bertz CT molecular complexity index is 384. The molecule has 0 atom stereocenters. The molecule has 0 aliphatic carbocycles. The molecule has 0 saturated carbocycles. The van der Waals surface area contributed by atoms with E-state index in [0.717, 1.165) is 0 Å². The summed E-state index contributed by atoms with van der Waals surface area (Å²) in [7, 11) is 5.00. The van der Waals surface area contributed by atoms with E-state index < -0.39 is 0 Å². The number of Topliss-reactive ketones (excluding diaryl/α,β-unsaturated/α-hetero) is 1. The van der Waals surface area contributed by atoms with Crippen molar-refractivity contribution in [2.24, 2.45) is 0 Å². The summed E-state index contributed by atoms with van der Waals surface area (Å²) in [5, 5.41) is 0.355. The SMILES string of the molecule is CC(=O)C(C)=C(Cl)C=C(C)N(C)C(=O)N(C)C. The van der Waals surface area contributed by atoms with E-state index in [2.05, 4.69) is 0 Å². The maximum atomic E-state index is 11.7. The maximum Gasteiger partial charge on any atom is 0.323 e. The van der Waals surface area contributed by atoms with E-state index in [0.29, 0.717) is 16.3 Å². The highest BCUT2D eigenvalue weighted by atomic mass is 35.5. The molecule has 2 amide bonds. The van der Waals surface area contributed by atoms with Crippen LogP contribution in [0.4, 0.5) is 4.79 Å². The van der Waals surface area contributed by atoms with Gasteiger partial charge in [-0.2, -0.15) is 0 Å². The number of urea groups is 1. The van der Waals surface area contributed by atoms with Crippen LogP contribution in [0.25, 0.3) is 0 Å². The summed E-state index contributed by atoms with van der Waals surface area (Å²) in [5.41, 5.74) is 1.16. The topological polar surface area (TPSA) is 40.6 Å². The quantitative estimate of drug-likeness (QED) is 0.577. The number of carbonyl (C=O) groups excluding carboxylic acids is 2. The van der Waals surface area contributed by atoms with Crippen LogP contribution in [-0.4, -0.2) is 42.8 Å². The van der Waals surface area contributed by atoms with Crippen molar-refractivity contribution in [3.8, 4) is 0 Å². The Kier molecular flexibility index (Phi) is 5.96. The fourth-order valence-corrected chi connectivity index (χ4v) is 1.30. The van der Waals surface area contributed by atoms with E-state index in [1.807, 2.05) is 0 Å². The number of hydrogen-bond acceptors (Lipinski definition) is 2. The molecule has 96 valence electrons. The monoisotopic (exact) mass is 258 g/mol. The first-order valence-corrected chi connectivity index (χ1v) is 5.57. The molecule has 0 rings (SSSR count). The molecule has 0 saturated heterocycles. The van der Waals surface area contributed by atoms with Gasteiger partial charge in [-0.1, -0.05) is 11.6 Å². The fraction of sp³-hybridized carbons (Fsp3) is 0.500. The van der Waals surface area contributed by atoms with Crippen LogP contribution < -0.4 is 0 Å². The number of nitrogens with zero attached hydrogens (tertiary/aromatic N) is 2. The zero-order chi connectivity index (χ0) is 13.7. The van der Waals surface area contributed by atoms with Crippen molar-refractivity contribution < 1.29 is 9.59 Å². The Hall–Kier alpha value is -1.29. The number of rotatable bonds is 3. The second-order valence-electron chi connectivity index (χ2n) is 4.05. The van der Waals surface area contributed by atoms with Crippen molar-refractivity contribution in [2.75, 3.05) is 21.1 Å². The highest BCUT2D eigenvalue weighted by Crippen LogP contribution is 2.15. The van der Waals surface area contributed by atoms with Gasteiger partial charge in [0.25, 0.3) is 0 Å². The molecule has 0 aromatic heterocycles. The minimum absolute atomic E-state index is 0.0827. The molecule has 0 unspecified atom stereocenters. The minimum Gasteiger partial charge on any atom is -0.330 e. The van der Waals surface area contributed by atoms with Crippen LogP contribution in [0.5, 0.6) is 0 Å². The lowest BCUT2D eigenvalue weighted by atomic mass is 10.2. The Morgan fingerprint density at radius 2 is 1.53 bits per heavy atom. The summed E-state index contributed by atoms with van der Waals surface area (Å²) in [6.45, 7) is 4.87. The second kappa shape index (κ2) is 6.45. The molecule has 0 bridgehead atoms. The molecule has 0 fully saturated rings. The minimum atomic E-state index is -0.149. The molecule has 0 aromatic rings. The van der Waals surface area contributed by atoms with Crippen LogP contribution in [0.15, 0.2) is 22.4 Å². The van der Waals surface area contributed by atoms with Crippen LogP contribution in [0.2, 0.25) is 0 Å². The highest BCUT2D eigenvalue weighted by molar-refractivity contribution is 6.33. The summed E-state index contributed by atoms with van der Waals surface area (Å²) in [5.74, 6) is -0.0827. The van der Waals surface area contributed by atoms with Gasteiger partial charge in [-0.3, -0.25) is 4.79 Å². The van der Waals surface area contributed by atoms with Crippen molar-refractivity contribution in [3.63, 3.8) is 0 Å². The molecule has 0 heterocycles. The van der Waals surface area contributed by atoms with E-state index in [1.54, 1.807) is 41.1 Å². The molecule has 4 nitrogen and oxygen atoms in total. The summed E-state index contributed by atoms with van der Waals surface area (Å²) in [6, 6.07) is -0.149. The summed E-state index contributed by atoms with van der Waals surface area (Å²) >= 11 is 5.98. The number of allylic oxidation sites excluding steroid dienone is 4. The Morgan fingerprint density at radius 1 is 1.06 bits per heavy atom. The summed E-state index contributed by atoms with van der Waals surface area (Å²) in [6.07, 6.45) is 1.61. The van der Waals surface area contributed by atoms with Crippen LogP contribution in [0.3, 0.4) is 0 Å². The smallest absolute Gasteiger partial charge is 0.323 e. The fourth-order valence-electron chi connectivity index (χ4n) is 1.01. The Morgan fingerprint density at radius 3 is 1.88 bits per heavy atom. The molecule has 0 N–H and O–H groups in total. The average molecular weight is 259 g/mol. The van der Waals surface area contributed by atoms with Gasteiger partial charge in [-0.05, 0) is 26.8 Å². The first kappa shape index (κ1) is 15.7. The third-order valence-electron chi connectivity index (χ3n) is 2.42. The molecular formula is C12H19ClN2O2. The Labute approximate surface area is 108 Å². The lowest BCUT2D eigenvalue weighted by Gasteiger charge is -2.22. The van der Waals surface area contributed by atoms with Crippen LogP contribution in [0, 0.1) is 0 Å². The summed E-state index contributed by atoms with van der Waals surface area (Å²) in [4.78, 5) is 25.7. The third kappa shape index (κ3) is 4.61. The zero-order valence-corrected chi connectivity index (χ0v) is 11.9. The van der Waals surface area contributed by atoms with E-state index in [-0.39, 0.29) is 11.8 Å². The van der Waals surface area contributed by atoms with Crippen LogP contribution in [0.1, 0.15) is 20.8 Å². The first-order valence-electron chi connectivity index (χ1n) is 5.19. The van der Waals surface area contributed by atoms with Gasteiger partial charge in [0.1, 0.15) is 0 Å². The summed E-state index contributed by atoms with van der Waals surface area (Å²) < 4.78 is 0. The molecule has 0 aliphatic heterocycles. The van der Waals surface area contributed by atoms with Crippen LogP contribution >= 0.6 is 11.6 Å². The molecular weight excluding hydrogens is 240 g/mol. The van der Waals surface area contributed by atoms with E-state index in [9.17, 15) is 9.59 Å². The van der Waals surface area contributed by atoms with Gasteiger partial charge in [0.2, 0.25) is 0 Å². The predicted octanol–water partition coefficient (Wildman–Crippen LogP) is 2.61. The lowest BCUT2D eigenvalue weighted by Crippen LogP contribution is -2.35. The lowest BCUT2D eigenvalue weighted by molar-refractivity contribution is -0.113. The van der Waals surface area contributed by atoms with E-state index >= 15 is 0 Å². The number of ketones is 1. The van der Waals surface area contributed by atoms with Gasteiger partial charge in [0.05, 0.1) is 0 Å². The van der Waals surface area contributed by atoms with Gasteiger partial charge < -0.3 is 9.80 Å². The van der Waals surface area contributed by atoms with Crippen molar-refractivity contribution in [3.05, 3.63) is 22.4 Å². The van der Waals surface area contributed by atoms with E-state index in [1.165, 1.54) is 16.7 Å². The maximum absolute atomic E-state index is 11.7. The zero-order valence-electron chi connectivity index (χ0n) is 11.2. The number of hydrogen-bond donors (Lipinski definition) is 0. The van der Waals surface area contributed by atoms with Gasteiger partial charge in [-0.15, -0.1) is 0 Å². The van der Waals surface area contributed by atoms with Crippen molar-refractivity contribution >= 4 is 23.4 Å². The van der Waals surface area contributed by atoms with Gasteiger partial charge in [-0.25, -0.2) is 4.79 Å². The third-order valence-corrected chi connectivity index (χ3v) is 2.81. The average Bonchev–Trinajstić information content (AvgIpc) is 2.25. The van der Waals surface area contributed by atoms with Crippen LogP contribution in [-0.2, 0) is 4.79 Å². The Balaban J connectivity index is 5.06. The molecule has 0 spiro atoms. The van der Waals surface area contributed by atoms with Crippen molar-refractivity contribution in [1.82, 2.24) is 9.80 Å². The molecule has 17 heavy (non-hydrogen) atoms. The highest BCUT2D eigenvalue weighted by Gasteiger charge is 2.12. The number of carbonyl (C=O) groups is 2. The molecule has 0 aromatic carbocycles. The predicted molar refractivity (Wildman–Crippen MR) is 69.8 cm³/mol. The normalized spacial score (nSPS) is 13.0. The second-order valence-corrected chi connectivity index (χ2v) is 4.46. The number of halogens is 1. The molecule has 5 heteroatoms.